The molecule has 0 saturated carbocycles. The Bertz CT molecular complexity index is 2830. The van der Waals surface area contributed by atoms with E-state index in [-0.39, 0.29) is 0 Å². The van der Waals surface area contributed by atoms with Gasteiger partial charge in [0, 0.05) is 44.4 Å². The van der Waals surface area contributed by atoms with Gasteiger partial charge in [-0.2, -0.15) is 0 Å². The molecule has 0 aliphatic carbocycles. The molecule has 0 radical (unpaired) electrons. The molecule has 3 aromatic heterocycles. The molecular weight excluding hydrogens is 661 g/mol. The van der Waals surface area contributed by atoms with Crippen LogP contribution in [0.1, 0.15) is 55.4 Å². The van der Waals surface area contributed by atoms with Crippen LogP contribution < -0.4 is 0 Å². The molecule has 5 nitrogen and oxygen atoms in total. The fourth-order valence-corrected chi connectivity index (χ4v) is 7.50. The van der Waals surface area contributed by atoms with Crippen molar-refractivity contribution in [1.29, 1.82) is 0 Å². The van der Waals surface area contributed by atoms with Crippen molar-refractivity contribution in [2.24, 2.45) is 0 Å². The van der Waals surface area contributed by atoms with E-state index in [4.69, 9.17) is 9.97 Å². The van der Waals surface area contributed by atoms with E-state index in [1.807, 2.05) is 6.07 Å². The van der Waals surface area contributed by atoms with Gasteiger partial charge in [0.05, 0.1) is 28.3 Å². The van der Waals surface area contributed by atoms with E-state index in [1.165, 1.54) is 16.7 Å². The first-order valence-corrected chi connectivity index (χ1v) is 18.3. The molecule has 4 aromatic carbocycles. The van der Waals surface area contributed by atoms with E-state index in [0.717, 1.165) is 101 Å². The SMILES string of the molecule is Cc1ccc(-c2c3nc(c(-c4ccc(C)cc4)c4ccc([nH]4)c(-c4ccc(C)cc4)c4cc(C=O)c([nH]4)c(-c4ccc(C)cc4)c4nc2C=C4)C=C3)cc1. The molecule has 8 bridgehead atoms. The summed E-state index contributed by atoms with van der Waals surface area (Å²) in [5.41, 5.74) is 19.7. The summed E-state index contributed by atoms with van der Waals surface area (Å²) in [6.07, 6.45) is 9.28. The average Bonchev–Trinajstić information content (AvgIpc) is 4.01. The topological polar surface area (TPSA) is 74.4 Å². The lowest BCUT2D eigenvalue weighted by Crippen LogP contribution is -1.92. The van der Waals surface area contributed by atoms with Gasteiger partial charge in [-0.15, -0.1) is 0 Å². The molecule has 54 heavy (non-hydrogen) atoms. The molecule has 0 spiro atoms. The summed E-state index contributed by atoms with van der Waals surface area (Å²) in [7, 11) is 0. The Morgan fingerprint density at radius 2 is 0.778 bits per heavy atom. The largest absolute Gasteiger partial charge is 0.354 e. The van der Waals surface area contributed by atoms with Crippen LogP contribution in [-0.2, 0) is 0 Å². The van der Waals surface area contributed by atoms with Gasteiger partial charge >= 0.3 is 0 Å². The highest BCUT2D eigenvalue weighted by Crippen LogP contribution is 2.39. The first kappa shape index (κ1) is 33.0. The number of carbonyl (C=O) groups excluding carboxylic acids is 1. The number of nitrogens with zero attached hydrogens (tertiary/aromatic N) is 2. The normalized spacial score (nSPS) is 12.0. The van der Waals surface area contributed by atoms with Gasteiger partial charge in [-0.3, -0.25) is 4.79 Å². The first-order chi connectivity index (χ1) is 26.3. The second kappa shape index (κ2) is 13.3. The Labute approximate surface area is 314 Å². The second-order valence-corrected chi connectivity index (χ2v) is 14.3. The molecule has 5 heteroatoms. The van der Waals surface area contributed by atoms with Crippen LogP contribution in [0.5, 0.6) is 0 Å². The zero-order chi connectivity index (χ0) is 36.9. The van der Waals surface area contributed by atoms with Crippen molar-refractivity contribution in [1.82, 2.24) is 19.9 Å². The molecule has 0 fully saturated rings. The lowest BCUT2D eigenvalue weighted by Gasteiger charge is -2.08. The standard InChI is InChI=1S/C49H38N4O/c1-29-5-13-33(14-6-29)45-38-21-22-39(50-38)46(34-15-7-30(2)8-16-34)41-25-26-43(52-41)48(36-19-11-32(4)12-20-36)49-37(28-54)27-44(53-49)47(42-24-23-40(45)51-42)35-17-9-31(3)10-18-35/h5-28,51,53H,1-4H3. The van der Waals surface area contributed by atoms with Crippen molar-refractivity contribution in [2.45, 2.75) is 27.7 Å². The van der Waals surface area contributed by atoms with Gasteiger partial charge in [-0.25, -0.2) is 9.97 Å². The van der Waals surface area contributed by atoms with E-state index in [2.05, 4.69) is 171 Å². The summed E-state index contributed by atoms with van der Waals surface area (Å²) in [4.78, 5) is 31.3. The second-order valence-electron chi connectivity index (χ2n) is 14.3. The lowest BCUT2D eigenvalue weighted by molar-refractivity contribution is 0.112. The number of aldehydes is 1. The summed E-state index contributed by atoms with van der Waals surface area (Å²) in [6, 6.07) is 40.3. The molecule has 0 amide bonds. The predicted molar refractivity (Wildman–Crippen MR) is 225 cm³/mol. The maximum absolute atomic E-state index is 13.0. The van der Waals surface area contributed by atoms with Crippen LogP contribution in [0.2, 0.25) is 0 Å². The lowest BCUT2D eigenvalue weighted by atomic mass is 10.0. The van der Waals surface area contributed by atoms with Gasteiger partial charge in [0.15, 0.2) is 6.29 Å². The van der Waals surface area contributed by atoms with Gasteiger partial charge in [0.2, 0.25) is 0 Å². The third-order valence-electron chi connectivity index (χ3n) is 10.4. The number of carbonyl (C=O) groups is 1. The highest BCUT2D eigenvalue weighted by molar-refractivity contribution is 6.05. The van der Waals surface area contributed by atoms with Gasteiger partial charge in [-0.05, 0) is 92.5 Å². The summed E-state index contributed by atoms with van der Waals surface area (Å²) in [5, 5.41) is 0. The monoisotopic (exact) mass is 698 g/mol. The maximum Gasteiger partial charge on any atom is 0.152 e. The fourth-order valence-electron chi connectivity index (χ4n) is 7.50. The number of nitrogens with one attached hydrogen (secondary N) is 2. The van der Waals surface area contributed by atoms with E-state index < -0.39 is 0 Å². The molecule has 260 valence electrons. The summed E-state index contributed by atoms with van der Waals surface area (Å²) in [5.74, 6) is 0. The number of aromatic nitrogens is 4. The van der Waals surface area contributed by atoms with Gasteiger partial charge in [0.1, 0.15) is 0 Å². The molecule has 0 saturated heterocycles. The number of aromatic amines is 2. The van der Waals surface area contributed by atoms with Crippen LogP contribution in [0.15, 0.2) is 115 Å². The Morgan fingerprint density at radius 1 is 0.407 bits per heavy atom. The number of aryl methyl sites for hydroxylation is 4. The van der Waals surface area contributed by atoms with Crippen LogP contribution in [0.25, 0.3) is 90.9 Å². The zero-order valence-corrected chi connectivity index (χ0v) is 30.7. The molecular formula is C49H38N4O. The first-order valence-electron chi connectivity index (χ1n) is 18.3. The molecule has 2 N–H and O–H groups in total. The van der Waals surface area contributed by atoms with Crippen LogP contribution in [-0.4, -0.2) is 26.2 Å². The van der Waals surface area contributed by atoms with E-state index in [0.29, 0.717) is 5.56 Å². The third-order valence-corrected chi connectivity index (χ3v) is 10.4. The molecule has 9 rings (SSSR count). The smallest absolute Gasteiger partial charge is 0.152 e. The third kappa shape index (κ3) is 5.90. The minimum atomic E-state index is 0.558. The minimum absolute atomic E-state index is 0.558. The zero-order valence-electron chi connectivity index (χ0n) is 30.7. The molecule has 2 aliphatic heterocycles. The highest BCUT2D eigenvalue weighted by Gasteiger charge is 2.20. The Kier molecular flexibility index (Phi) is 8.12. The predicted octanol–water partition coefficient (Wildman–Crippen LogP) is 12.4. The number of rotatable bonds is 5. The fraction of sp³-hybridized carbons (Fsp3) is 0.0816. The summed E-state index contributed by atoms with van der Waals surface area (Å²) < 4.78 is 0. The van der Waals surface area contributed by atoms with Gasteiger partial charge in [0.25, 0.3) is 0 Å². The number of benzene rings is 4. The minimum Gasteiger partial charge on any atom is -0.354 e. The van der Waals surface area contributed by atoms with Crippen LogP contribution in [0.3, 0.4) is 0 Å². The van der Waals surface area contributed by atoms with Crippen molar-refractivity contribution < 1.29 is 4.79 Å². The Morgan fingerprint density at radius 3 is 1.24 bits per heavy atom. The molecule has 0 atom stereocenters. The van der Waals surface area contributed by atoms with Crippen molar-refractivity contribution in [3.8, 4) is 44.5 Å². The van der Waals surface area contributed by atoms with Crippen molar-refractivity contribution >= 4 is 52.7 Å². The quantitative estimate of drug-likeness (QED) is 0.176. The number of hydrogen-bond donors (Lipinski definition) is 2. The van der Waals surface area contributed by atoms with E-state index in [1.54, 1.807) is 0 Å². The van der Waals surface area contributed by atoms with Crippen LogP contribution in [0.4, 0.5) is 0 Å². The Hall–Kier alpha value is -6.85. The number of fused-ring (bicyclic) bond motifs is 8. The van der Waals surface area contributed by atoms with Crippen LogP contribution in [0, 0.1) is 27.7 Å². The van der Waals surface area contributed by atoms with Crippen molar-refractivity contribution in [2.75, 3.05) is 0 Å². The van der Waals surface area contributed by atoms with Gasteiger partial charge in [-0.1, -0.05) is 119 Å². The molecule has 2 aliphatic rings. The highest BCUT2D eigenvalue weighted by atomic mass is 16.1. The number of H-pyrrole nitrogens is 2. The average molecular weight is 699 g/mol. The van der Waals surface area contributed by atoms with Crippen molar-refractivity contribution in [3.63, 3.8) is 0 Å². The van der Waals surface area contributed by atoms with Crippen molar-refractivity contribution in [3.05, 3.63) is 166 Å². The molecule has 0 unspecified atom stereocenters. The summed E-state index contributed by atoms with van der Waals surface area (Å²) in [6.45, 7) is 8.37. The van der Waals surface area contributed by atoms with Gasteiger partial charge < -0.3 is 9.97 Å². The molecule has 5 heterocycles. The molecule has 7 aromatic rings. The number of hydrogen-bond acceptors (Lipinski definition) is 3. The Balaban J connectivity index is 1.50. The maximum atomic E-state index is 13.0. The van der Waals surface area contributed by atoms with E-state index in [9.17, 15) is 4.79 Å². The van der Waals surface area contributed by atoms with E-state index >= 15 is 0 Å². The summed E-state index contributed by atoms with van der Waals surface area (Å²) >= 11 is 0. The van der Waals surface area contributed by atoms with Crippen LogP contribution >= 0.6 is 0 Å².